The van der Waals surface area contributed by atoms with E-state index in [4.69, 9.17) is 4.74 Å². The van der Waals surface area contributed by atoms with Crippen LogP contribution >= 0.6 is 0 Å². The lowest BCUT2D eigenvalue weighted by molar-refractivity contribution is -0.384. The summed E-state index contributed by atoms with van der Waals surface area (Å²) in [6.07, 6.45) is -0.128. The fourth-order valence-electron chi connectivity index (χ4n) is 4.94. The molecule has 0 fully saturated rings. The molecule has 1 unspecified atom stereocenters. The molecule has 4 aromatic rings. The SMILES string of the molecule is CCOC(=O)CC(c1ccccc1)N1CC(=O)N(c2ccccc2)c2ccc(C#Cc3ccc([N+](=O)[O-])cc3)cc2C1=O. The van der Waals surface area contributed by atoms with Crippen molar-refractivity contribution in [3.63, 3.8) is 0 Å². The van der Waals surface area contributed by atoms with Crippen molar-refractivity contribution in [1.82, 2.24) is 4.90 Å². The number of benzene rings is 4. The van der Waals surface area contributed by atoms with Gasteiger partial charge in [-0.1, -0.05) is 60.4 Å². The average molecular weight is 574 g/mol. The first kappa shape index (κ1) is 28.8. The molecular weight excluding hydrogens is 546 g/mol. The van der Waals surface area contributed by atoms with E-state index < -0.39 is 22.8 Å². The third-order valence-electron chi connectivity index (χ3n) is 6.95. The van der Waals surface area contributed by atoms with Crippen molar-refractivity contribution in [2.75, 3.05) is 18.1 Å². The number of hydrogen-bond acceptors (Lipinski definition) is 6. The van der Waals surface area contributed by atoms with Gasteiger partial charge in [0.05, 0.1) is 35.2 Å². The summed E-state index contributed by atoms with van der Waals surface area (Å²) < 4.78 is 5.22. The molecule has 0 N–H and O–H groups in total. The van der Waals surface area contributed by atoms with Crippen LogP contribution < -0.4 is 4.90 Å². The van der Waals surface area contributed by atoms with Crippen LogP contribution in [-0.4, -0.2) is 40.8 Å². The smallest absolute Gasteiger partial charge is 0.308 e. The number of rotatable bonds is 7. The molecule has 0 spiro atoms. The molecule has 0 saturated carbocycles. The van der Waals surface area contributed by atoms with Crippen LogP contribution in [0.1, 0.15) is 46.4 Å². The summed E-state index contributed by atoms with van der Waals surface area (Å²) in [5.74, 6) is 4.75. The lowest BCUT2D eigenvalue weighted by Crippen LogP contribution is -2.41. The summed E-state index contributed by atoms with van der Waals surface area (Å²) in [7, 11) is 0. The predicted molar refractivity (Wildman–Crippen MR) is 161 cm³/mol. The molecule has 0 saturated heterocycles. The summed E-state index contributed by atoms with van der Waals surface area (Å²) in [6, 6.07) is 28.3. The summed E-state index contributed by atoms with van der Waals surface area (Å²) in [4.78, 5) is 54.3. The van der Waals surface area contributed by atoms with Crippen molar-refractivity contribution in [2.24, 2.45) is 0 Å². The topological polar surface area (TPSA) is 110 Å². The van der Waals surface area contributed by atoms with E-state index in [0.29, 0.717) is 28.1 Å². The summed E-state index contributed by atoms with van der Waals surface area (Å²) >= 11 is 0. The second-order valence-electron chi connectivity index (χ2n) is 9.72. The second-order valence-corrected chi connectivity index (χ2v) is 9.72. The zero-order valence-electron chi connectivity index (χ0n) is 23.3. The van der Waals surface area contributed by atoms with Crippen LogP contribution in [-0.2, 0) is 14.3 Å². The maximum atomic E-state index is 14.3. The van der Waals surface area contributed by atoms with E-state index in [1.165, 1.54) is 21.9 Å². The van der Waals surface area contributed by atoms with Gasteiger partial charge < -0.3 is 9.64 Å². The molecule has 1 atom stereocenters. The number of hydrogen-bond donors (Lipinski definition) is 0. The minimum atomic E-state index is -0.755. The third kappa shape index (κ3) is 6.44. The summed E-state index contributed by atoms with van der Waals surface area (Å²) in [6.45, 7) is 1.63. The van der Waals surface area contributed by atoms with Gasteiger partial charge in [0.15, 0.2) is 0 Å². The predicted octanol–water partition coefficient (Wildman–Crippen LogP) is 5.81. The van der Waals surface area contributed by atoms with Crippen LogP contribution in [0.3, 0.4) is 0 Å². The number of anilines is 2. The van der Waals surface area contributed by atoms with Gasteiger partial charge in [-0.3, -0.25) is 29.4 Å². The molecule has 0 bridgehead atoms. The number of non-ortho nitro benzene ring substituents is 1. The van der Waals surface area contributed by atoms with Gasteiger partial charge in [0.2, 0.25) is 0 Å². The highest BCUT2D eigenvalue weighted by molar-refractivity contribution is 6.13. The molecule has 9 heteroatoms. The Kier molecular flexibility index (Phi) is 8.58. The zero-order valence-corrected chi connectivity index (χ0v) is 23.3. The number of nitro benzene ring substituents is 1. The van der Waals surface area contributed by atoms with E-state index >= 15 is 0 Å². The molecule has 1 aliphatic rings. The number of nitro groups is 1. The van der Waals surface area contributed by atoms with E-state index in [-0.39, 0.29) is 36.7 Å². The first-order valence-electron chi connectivity index (χ1n) is 13.7. The Morgan fingerprint density at radius 1 is 0.907 bits per heavy atom. The van der Waals surface area contributed by atoms with Crippen LogP contribution in [0.2, 0.25) is 0 Å². The maximum Gasteiger partial charge on any atom is 0.308 e. The summed E-state index contributed by atoms with van der Waals surface area (Å²) in [5, 5.41) is 11.0. The van der Waals surface area contributed by atoms with Gasteiger partial charge in [-0.05, 0) is 55.0 Å². The first-order valence-corrected chi connectivity index (χ1v) is 13.7. The average Bonchev–Trinajstić information content (AvgIpc) is 3.13. The van der Waals surface area contributed by atoms with E-state index in [0.717, 1.165) is 0 Å². The van der Waals surface area contributed by atoms with Gasteiger partial charge >= 0.3 is 5.97 Å². The number of fused-ring (bicyclic) bond motifs is 1. The monoisotopic (exact) mass is 573 g/mol. The fraction of sp³-hybridized carbons (Fsp3) is 0.147. The Labute approximate surface area is 248 Å². The lowest BCUT2D eigenvalue weighted by Gasteiger charge is -2.30. The van der Waals surface area contributed by atoms with Crippen molar-refractivity contribution >= 4 is 34.8 Å². The molecule has 1 heterocycles. The first-order chi connectivity index (χ1) is 20.9. The van der Waals surface area contributed by atoms with Crippen LogP contribution in [0.5, 0.6) is 0 Å². The van der Waals surface area contributed by atoms with Gasteiger partial charge in [-0.2, -0.15) is 0 Å². The van der Waals surface area contributed by atoms with Crippen molar-refractivity contribution in [2.45, 2.75) is 19.4 Å². The van der Waals surface area contributed by atoms with E-state index in [2.05, 4.69) is 11.8 Å². The molecule has 9 nitrogen and oxygen atoms in total. The van der Waals surface area contributed by atoms with E-state index in [1.54, 1.807) is 49.4 Å². The second kappa shape index (κ2) is 12.8. The zero-order chi connectivity index (χ0) is 30.3. The Hall–Kier alpha value is -5.75. The molecule has 214 valence electrons. The molecular formula is C34H27N3O6. The number of nitrogens with zero attached hydrogens (tertiary/aromatic N) is 3. The summed E-state index contributed by atoms with van der Waals surface area (Å²) in [5.41, 5.74) is 2.96. The Morgan fingerprint density at radius 3 is 2.19 bits per heavy atom. The Morgan fingerprint density at radius 2 is 1.53 bits per heavy atom. The van der Waals surface area contributed by atoms with Gasteiger partial charge in [0.1, 0.15) is 6.54 Å². The highest BCUT2D eigenvalue weighted by Crippen LogP contribution is 2.36. The number of esters is 1. The molecule has 0 radical (unpaired) electrons. The minimum absolute atomic E-state index is 0.0391. The standard InChI is InChI=1S/C34H27N3O6/c1-2-43-33(39)22-31(26-9-5-3-6-10-26)35-23-32(38)36(27-11-7-4-8-12-27)30-20-17-25(21-29(30)34(35)40)14-13-24-15-18-28(19-16-24)37(41)42/h3-12,15-21,31H,2,22-23H2,1H3. The van der Waals surface area contributed by atoms with Crippen molar-refractivity contribution in [3.05, 3.63) is 135 Å². The van der Waals surface area contributed by atoms with Crippen molar-refractivity contribution in [3.8, 4) is 11.8 Å². The number of carbonyl (C=O) groups excluding carboxylic acids is 3. The highest BCUT2D eigenvalue weighted by atomic mass is 16.6. The quantitative estimate of drug-likeness (QED) is 0.119. The molecule has 0 aliphatic carbocycles. The van der Waals surface area contributed by atoms with E-state index in [9.17, 15) is 24.5 Å². The number of para-hydroxylation sites is 1. The van der Waals surface area contributed by atoms with Crippen LogP contribution in [0.15, 0.2) is 103 Å². The minimum Gasteiger partial charge on any atom is -0.466 e. The largest absolute Gasteiger partial charge is 0.466 e. The molecule has 2 amide bonds. The van der Waals surface area contributed by atoms with Gasteiger partial charge in [-0.25, -0.2) is 0 Å². The molecule has 0 aromatic heterocycles. The van der Waals surface area contributed by atoms with Crippen molar-refractivity contribution in [1.29, 1.82) is 0 Å². The Balaban J connectivity index is 1.60. The fourth-order valence-corrected chi connectivity index (χ4v) is 4.94. The maximum absolute atomic E-state index is 14.3. The third-order valence-corrected chi connectivity index (χ3v) is 6.95. The van der Waals surface area contributed by atoms with Gasteiger partial charge in [0.25, 0.3) is 17.5 Å². The van der Waals surface area contributed by atoms with E-state index in [1.807, 2.05) is 48.5 Å². The normalized spacial score (nSPS) is 13.3. The molecule has 1 aliphatic heterocycles. The van der Waals surface area contributed by atoms with Gasteiger partial charge in [0, 0.05) is 28.9 Å². The lowest BCUT2D eigenvalue weighted by atomic mass is 10.00. The Bertz CT molecular complexity index is 1730. The van der Waals surface area contributed by atoms with Crippen LogP contribution in [0.4, 0.5) is 17.1 Å². The number of ether oxygens (including phenoxy) is 1. The van der Waals surface area contributed by atoms with Gasteiger partial charge in [-0.15, -0.1) is 0 Å². The highest BCUT2D eigenvalue weighted by Gasteiger charge is 2.37. The number of amides is 2. The molecule has 4 aromatic carbocycles. The number of carbonyl (C=O) groups is 3. The molecule has 43 heavy (non-hydrogen) atoms. The molecule has 5 rings (SSSR count). The van der Waals surface area contributed by atoms with Crippen LogP contribution in [0, 0.1) is 22.0 Å². The van der Waals surface area contributed by atoms with Crippen LogP contribution in [0.25, 0.3) is 0 Å². The van der Waals surface area contributed by atoms with Crippen molar-refractivity contribution < 1.29 is 24.0 Å².